The van der Waals surface area contributed by atoms with Crippen LogP contribution in [-0.4, -0.2) is 6.54 Å². The van der Waals surface area contributed by atoms with E-state index in [1.807, 2.05) is 0 Å². The van der Waals surface area contributed by atoms with Crippen LogP contribution in [0.2, 0.25) is 0 Å². The minimum absolute atomic E-state index is 0.345. The molecule has 0 bridgehead atoms. The molecule has 0 saturated heterocycles. The molecule has 2 nitrogen and oxygen atoms in total. The van der Waals surface area contributed by atoms with Crippen LogP contribution >= 0.6 is 0 Å². The molecule has 0 saturated carbocycles. The smallest absolute Gasteiger partial charge is 0.125 e. The van der Waals surface area contributed by atoms with Gasteiger partial charge in [-0.15, -0.1) is 0 Å². The lowest BCUT2D eigenvalue weighted by atomic mass is 10.2. The second kappa shape index (κ2) is 4.48. The highest BCUT2D eigenvalue weighted by atomic mass is 19.1. The van der Waals surface area contributed by atoms with Crippen molar-refractivity contribution in [2.24, 2.45) is 5.73 Å². The number of rotatable bonds is 1. The second-order valence-electron chi connectivity index (χ2n) is 2.57. The van der Waals surface area contributed by atoms with E-state index in [-0.39, 0.29) is 5.82 Å². The predicted octanol–water partition coefficient (Wildman–Crippen LogP) is 1.11. The average Bonchev–Trinajstić information content (AvgIpc) is 2.09. The molecule has 0 atom stereocenters. The first kappa shape index (κ1) is 9.56. The summed E-state index contributed by atoms with van der Waals surface area (Å²) in [6.45, 7) is 0.522. The van der Waals surface area contributed by atoms with Crippen molar-refractivity contribution >= 4 is 5.69 Å². The van der Waals surface area contributed by atoms with E-state index in [2.05, 4.69) is 11.8 Å². The summed E-state index contributed by atoms with van der Waals surface area (Å²) in [7, 11) is 0. The summed E-state index contributed by atoms with van der Waals surface area (Å²) >= 11 is 0. The minimum Gasteiger partial charge on any atom is -0.398 e. The van der Waals surface area contributed by atoms with E-state index in [0.29, 0.717) is 24.2 Å². The molecule has 0 aromatic heterocycles. The molecule has 1 aromatic carbocycles. The Hall–Kier alpha value is -1.53. The number of halogens is 1. The van der Waals surface area contributed by atoms with Gasteiger partial charge in [0.2, 0.25) is 0 Å². The standard InChI is InChI=1S/C10H11FN2/c11-9-5-4-8(10(13)7-9)3-1-2-6-12/h4-5,7H,2,6,12-13H2. The summed E-state index contributed by atoms with van der Waals surface area (Å²) in [4.78, 5) is 0. The van der Waals surface area contributed by atoms with Gasteiger partial charge in [0.1, 0.15) is 5.82 Å². The highest BCUT2D eigenvalue weighted by molar-refractivity contribution is 5.55. The van der Waals surface area contributed by atoms with Crippen LogP contribution in [0, 0.1) is 17.7 Å². The molecule has 0 aliphatic heterocycles. The summed E-state index contributed by atoms with van der Waals surface area (Å²) in [6, 6.07) is 4.16. The van der Waals surface area contributed by atoms with E-state index in [4.69, 9.17) is 11.5 Å². The number of benzene rings is 1. The van der Waals surface area contributed by atoms with Crippen LogP contribution in [0.3, 0.4) is 0 Å². The number of nitrogen functional groups attached to an aromatic ring is 1. The van der Waals surface area contributed by atoms with E-state index in [1.54, 1.807) is 6.07 Å². The van der Waals surface area contributed by atoms with Crippen LogP contribution in [0.1, 0.15) is 12.0 Å². The van der Waals surface area contributed by atoms with Crippen molar-refractivity contribution in [2.75, 3.05) is 12.3 Å². The largest absolute Gasteiger partial charge is 0.398 e. The molecular weight excluding hydrogens is 167 g/mol. The lowest BCUT2D eigenvalue weighted by molar-refractivity contribution is 0.628. The topological polar surface area (TPSA) is 52.0 Å². The van der Waals surface area contributed by atoms with Crippen LogP contribution < -0.4 is 11.5 Å². The fourth-order valence-electron chi connectivity index (χ4n) is 0.877. The third-order valence-corrected chi connectivity index (χ3v) is 1.51. The van der Waals surface area contributed by atoms with Gasteiger partial charge in [-0.1, -0.05) is 11.8 Å². The molecule has 0 spiro atoms. The predicted molar refractivity (Wildman–Crippen MR) is 51.4 cm³/mol. The first-order valence-electron chi connectivity index (χ1n) is 3.98. The van der Waals surface area contributed by atoms with Gasteiger partial charge in [0.25, 0.3) is 0 Å². The molecule has 1 aromatic rings. The van der Waals surface area contributed by atoms with Crippen LogP contribution in [-0.2, 0) is 0 Å². The number of anilines is 1. The second-order valence-corrected chi connectivity index (χ2v) is 2.57. The summed E-state index contributed by atoms with van der Waals surface area (Å²) in [5.41, 5.74) is 11.8. The van der Waals surface area contributed by atoms with E-state index in [9.17, 15) is 4.39 Å². The summed E-state index contributed by atoms with van der Waals surface area (Å²) in [6.07, 6.45) is 0.622. The van der Waals surface area contributed by atoms with Crippen molar-refractivity contribution in [3.05, 3.63) is 29.6 Å². The molecule has 68 valence electrons. The van der Waals surface area contributed by atoms with Crippen molar-refractivity contribution in [1.29, 1.82) is 0 Å². The van der Waals surface area contributed by atoms with E-state index < -0.39 is 0 Å². The SMILES string of the molecule is NCCC#Cc1ccc(F)cc1N. The fraction of sp³-hybridized carbons (Fsp3) is 0.200. The van der Waals surface area contributed by atoms with Crippen molar-refractivity contribution in [3.63, 3.8) is 0 Å². The molecule has 0 aliphatic rings. The van der Waals surface area contributed by atoms with Gasteiger partial charge < -0.3 is 11.5 Å². The zero-order chi connectivity index (χ0) is 9.68. The minimum atomic E-state index is -0.345. The Morgan fingerprint density at radius 2 is 2.15 bits per heavy atom. The molecule has 13 heavy (non-hydrogen) atoms. The van der Waals surface area contributed by atoms with Gasteiger partial charge in [0, 0.05) is 18.5 Å². The van der Waals surface area contributed by atoms with Crippen LogP contribution in [0.4, 0.5) is 10.1 Å². The molecule has 0 unspecified atom stereocenters. The third kappa shape index (κ3) is 2.77. The summed E-state index contributed by atoms with van der Waals surface area (Å²) < 4.78 is 12.6. The molecular formula is C10H11FN2. The maximum Gasteiger partial charge on any atom is 0.125 e. The monoisotopic (exact) mass is 178 g/mol. The van der Waals surface area contributed by atoms with Crippen molar-refractivity contribution in [3.8, 4) is 11.8 Å². The lowest BCUT2D eigenvalue weighted by Crippen LogP contribution is -1.96. The Bertz CT molecular complexity index is 350. The Balaban J connectivity index is 2.85. The molecule has 3 heteroatoms. The van der Waals surface area contributed by atoms with Gasteiger partial charge in [-0.25, -0.2) is 4.39 Å². The first-order chi connectivity index (χ1) is 6.24. The molecule has 1 rings (SSSR count). The van der Waals surface area contributed by atoms with Gasteiger partial charge >= 0.3 is 0 Å². The molecule has 0 amide bonds. The van der Waals surface area contributed by atoms with Gasteiger partial charge in [-0.2, -0.15) is 0 Å². The van der Waals surface area contributed by atoms with Gasteiger partial charge in [0.15, 0.2) is 0 Å². The Morgan fingerprint density at radius 1 is 1.38 bits per heavy atom. The average molecular weight is 178 g/mol. The molecule has 0 aliphatic carbocycles. The van der Waals surface area contributed by atoms with Crippen LogP contribution in [0.5, 0.6) is 0 Å². The highest BCUT2D eigenvalue weighted by Crippen LogP contribution is 2.11. The van der Waals surface area contributed by atoms with Gasteiger partial charge in [0.05, 0.1) is 5.69 Å². The first-order valence-corrected chi connectivity index (χ1v) is 3.98. The Labute approximate surface area is 76.7 Å². The third-order valence-electron chi connectivity index (χ3n) is 1.51. The molecule has 0 heterocycles. The quantitative estimate of drug-likeness (QED) is 0.500. The lowest BCUT2D eigenvalue weighted by Gasteiger charge is -1.96. The maximum atomic E-state index is 12.6. The highest BCUT2D eigenvalue weighted by Gasteiger charge is 1.96. The number of hydrogen-bond donors (Lipinski definition) is 2. The summed E-state index contributed by atoms with van der Waals surface area (Å²) in [5, 5.41) is 0. The zero-order valence-corrected chi connectivity index (χ0v) is 7.18. The Kier molecular flexibility index (Phi) is 3.30. The van der Waals surface area contributed by atoms with Gasteiger partial charge in [-0.3, -0.25) is 0 Å². The fourth-order valence-corrected chi connectivity index (χ4v) is 0.877. The number of hydrogen-bond acceptors (Lipinski definition) is 2. The number of nitrogens with two attached hydrogens (primary N) is 2. The Morgan fingerprint density at radius 3 is 2.77 bits per heavy atom. The molecule has 0 fully saturated rings. The zero-order valence-electron chi connectivity index (χ0n) is 7.18. The van der Waals surface area contributed by atoms with E-state index in [0.717, 1.165) is 0 Å². The van der Waals surface area contributed by atoms with E-state index in [1.165, 1.54) is 12.1 Å². The summed E-state index contributed by atoms with van der Waals surface area (Å²) in [5.74, 6) is 5.31. The van der Waals surface area contributed by atoms with Crippen molar-refractivity contribution in [1.82, 2.24) is 0 Å². The maximum absolute atomic E-state index is 12.6. The van der Waals surface area contributed by atoms with Crippen LogP contribution in [0.15, 0.2) is 18.2 Å². The van der Waals surface area contributed by atoms with Crippen molar-refractivity contribution < 1.29 is 4.39 Å². The van der Waals surface area contributed by atoms with E-state index >= 15 is 0 Å². The molecule has 4 N–H and O–H groups in total. The van der Waals surface area contributed by atoms with Gasteiger partial charge in [-0.05, 0) is 18.2 Å². The normalized spacial score (nSPS) is 9.08. The van der Waals surface area contributed by atoms with Crippen molar-refractivity contribution in [2.45, 2.75) is 6.42 Å². The van der Waals surface area contributed by atoms with Crippen LogP contribution in [0.25, 0.3) is 0 Å². The molecule has 0 radical (unpaired) electrons.